The lowest BCUT2D eigenvalue weighted by Crippen LogP contribution is -2.56. The monoisotopic (exact) mass is 440 g/mol. The van der Waals surface area contributed by atoms with Crippen LogP contribution in [0.2, 0.25) is 0 Å². The van der Waals surface area contributed by atoms with Gasteiger partial charge in [-0.15, -0.1) is 0 Å². The molecule has 0 heterocycles. The molecule has 0 radical (unpaired) electrons. The molecule has 12 heteroatoms. The van der Waals surface area contributed by atoms with E-state index < -0.39 is 41.0 Å². The normalized spacial score (nSPS) is 14.7. The van der Waals surface area contributed by atoms with E-state index in [0.717, 1.165) is 12.2 Å². The molecule has 2 atom stereocenters. The van der Waals surface area contributed by atoms with Crippen LogP contribution in [0.3, 0.4) is 0 Å². The molecule has 0 aliphatic rings. The van der Waals surface area contributed by atoms with E-state index in [0.29, 0.717) is 12.8 Å². The van der Waals surface area contributed by atoms with Crippen LogP contribution in [0.15, 0.2) is 12.2 Å². The summed E-state index contributed by atoms with van der Waals surface area (Å²) < 4.78 is 42.6. The minimum atomic E-state index is -3.17. The summed E-state index contributed by atoms with van der Waals surface area (Å²) in [6.45, 7) is 3.59. The third kappa shape index (κ3) is 6.74. The molecule has 0 fully saturated rings. The average Bonchev–Trinajstić information content (AvgIpc) is 2.73. The maximum absolute atomic E-state index is 12.1. The maximum atomic E-state index is 12.1. The van der Waals surface area contributed by atoms with Crippen LogP contribution in [0.5, 0.6) is 0 Å². The van der Waals surface area contributed by atoms with Crippen molar-refractivity contribution in [2.24, 2.45) is 0 Å². The van der Waals surface area contributed by atoms with E-state index in [-0.39, 0.29) is 0 Å². The van der Waals surface area contributed by atoms with Gasteiger partial charge in [-0.1, -0.05) is 13.8 Å². The second kappa shape index (κ2) is 13.2. The molecule has 0 aliphatic heterocycles. The summed E-state index contributed by atoms with van der Waals surface area (Å²) >= 11 is 0. The van der Waals surface area contributed by atoms with Crippen molar-refractivity contribution in [3.63, 3.8) is 0 Å². The van der Waals surface area contributed by atoms with Crippen LogP contribution in [0.25, 0.3) is 0 Å². The molecule has 2 unspecified atom stereocenters. The van der Waals surface area contributed by atoms with Crippen LogP contribution < -0.4 is 0 Å². The highest BCUT2D eigenvalue weighted by molar-refractivity contribution is 6.62. The van der Waals surface area contributed by atoms with Crippen LogP contribution in [-0.4, -0.2) is 83.7 Å². The molecule has 0 saturated carbocycles. The molecule has 0 saturated heterocycles. The molecule has 0 aromatic rings. The predicted octanol–water partition coefficient (Wildman–Crippen LogP) is 1.02. The van der Waals surface area contributed by atoms with Gasteiger partial charge >= 0.3 is 29.5 Å². The lowest BCUT2D eigenvalue weighted by Gasteiger charge is -2.31. The lowest BCUT2D eigenvalue weighted by atomic mass is 10.4. The lowest BCUT2D eigenvalue weighted by molar-refractivity contribution is -0.145. The van der Waals surface area contributed by atoms with Crippen molar-refractivity contribution in [3.05, 3.63) is 12.2 Å². The number of hydrogen-bond donors (Lipinski definition) is 0. The van der Waals surface area contributed by atoms with Crippen LogP contribution in [0, 0.1) is 0 Å². The highest BCUT2D eigenvalue weighted by Crippen LogP contribution is 2.19. The fourth-order valence-electron chi connectivity index (χ4n) is 2.59. The molecule has 0 aromatic heterocycles. The van der Waals surface area contributed by atoms with Gasteiger partial charge in [-0.2, -0.15) is 0 Å². The fraction of sp³-hybridized carbons (Fsp3) is 0.750. The van der Waals surface area contributed by atoms with Gasteiger partial charge in [-0.25, -0.2) is 9.59 Å². The van der Waals surface area contributed by atoms with Crippen molar-refractivity contribution in [2.45, 2.75) is 38.1 Å². The predicted molar refractivity (Wildman–Crippen MR) is 103 cm³/mol. The number of esters is 2. The zero-order chi connectivity index (χ0) is 21.8. The maximum Gasteiger partial charge on any atom is 0.543 e. The molecule has 0 rings (SSSR count). The Labute approximate surface area is 168 Å². The smallest absolute Gasteiger partial charge is 0.455 e. The van der Waals surface area contributed by atoms with Gasteiger partial charge in [0.1, 0.15) is 0 Å². The Morgan fingerprint density at radius 1 is 0.643 bits per heavy atom. The van der Waals surface area contributed by atoms with Gasteiger partial charge in [0.25, 0.3) is 0 Å². The van der Waals surface area contributed by atoms with Crippen LogP contribution in [0.1, 0.15) is 26.7 Å². The Kier molecular flexibility index (Phi) is 12.6. The molecule has 0 spiro atoms. The van der Waals surface area contributed by atoms with E-state index in [2.05, 4.69) is 0 Å². The number of carbonyl (C=O) groups is 2. The quantitative estimate of drug-likeness (QED) is 0.221. The van der Waals surface area contributed by atoms with Crippen molar-refractivity contribution in [2.75, 3.05) is 42.7 Å². The van der Waals surface area contributed by atoms with Crippen LogP contribution in [0.4, 0.5) is 0 Å². The van der Waals surface area contributed by atoms with E-state index in [1.54, 1.807) is 13.8 Å². The summed E-state index contributed by atoms with van der Waals surface area (Å²) in [7, 11) is 2.18. The summed E-state index contributed by atoms with van der Waals surface area (Å²) in [5, 5.41) is 0. The summed E-state index contributed by atoms with van der Waals surface area (Å²) in [6, 6.07) is 0. The zero-order valence-corrected chi connectivity index (χ0v) is 19.8. The SMILES string of the molecule is CCC(OC(=O)C=CC(=O)OC(CC)[Si](OC)(OC)OC)[Si](OC)(OC)OC. The van der Waals surface area contributed by atoms with Crippen molar-refractivity contribution in [1.29, 1.82) is 0 Å². The van der Waals surface area contributed by atoms with Gasteiger partial charge in [0.2, 0.25) is 0 Å². The number of rotatable bonds is 14. The van der Waals surface area contributed by atoms with Gasteiger partial charge in [-0.3, -0.25) is 0 Å². The molecular weight excluding hydrogens is 408 g/mol. The zero-order valence-electron chi connectivity index (χ0n) is 17.8. The van der Waals surface area contributed by atoms with E-state index in [1.165, 1.54) is 42.7 Å². The van der Waals surface area contributed by atoms with Crippen molar-refractivity contribution >= 4 is 29.5 Å². The Hall–Kier alpha value is -1.13. The third-order valence-electron chi connectivity index (χ3n) is 4.11. The van der Waals surface area contributed by atoms with E-state index >= 15 is 0 Å². The summed E-state index contributed by atoms with van der Waals surface area (Å²) in [5.41, 5.74) is -1.45. The molecule has 0 N–H and O–H groups in total. The van der Waals surface area contributed by atoms with Gasteiger partial charge < -0.3 is 36.0 Å². The minimum absolute atomic E-state index is 0.410. The van der Waals surface area contributed by atoms with Gasteiger partial charge in [0, 0.05) is 54.8 Å². The largest absolute Gasteiger partial charge is 0.543 e. The fourth-order valence-corrected chi connectivity index (χ4v) is 6.69. The average molecular weight is 441 g/mol. The molecule has 0 aliphatic carbocycles. The second-order valence-electron chi connectivity index (χ2n) is 5.43. The van der Waals surface area contributed by atoms with Crippen LogP contribution >= 0.6 is 0 Å². The van der Waals surface area contributed by atoms with Crippen molar-refractivity contribution in [1.82, 2.24) is 0 Å². The second-order valence-corrected chi connectivity index (χ2v) is 11.6. The number of carbonyl (C=O) groups excluding carboxylic acids is 2. The first-order chi connectivity index (χ1) is 13.3. The summed E-state index contributed by atoms with van der Waals surface area (Å²) in [5.74, 6) is -1.51. The molecular formula is C16H32O10Si2. The Balaban J connectivity index is 5.07. The molecule has 10 nitrogen and oxygen atoms in total. The molecule has 0 bridgehead atoms. The van der Waals surface area contributed by atoms with Crippen LogP contribution in [-0.2, 0) is 45.6 Å². The third-order valence-corrected chi connectivity index (χ3v) is 10.2. The number of ether oxygens (including phenoxy) is 2. The number of hydrogen-bond acceptors (Lipinski definition) is 10. The Morgan fingerprint density at radius 2 is 0.893 bits per heavy atom. The van der Waals surface area contributed by atoms with Gasteiger partial charge in [0.15, 0.2) is 11.5 Å². The molecule has 0 aromatic carbocycles. The van der Waals surface area contributed by atoms with Gasteiger partial charge in [0.05, 0.1) is 0 Å². The first-order valence-corrected chi connectivity index (χ1v) is 12.3. The van der Waals surface area contributed by atoms with E-state index in [9.17, 15) is 9.59 Å². The first-order valence-electron chi connectivity index (χ1n) is 8.68. The highest BCUT2D eigenvalue weighted by Gasteiger charge is 2.50. The topological polar surface area (TPSA) is 108 Å². The van der Waals surface area contributed by atoms with Crippen molar-refractivity contribution < 1.29 is 45.6 Å². The van der Waals surface area contributed by atoms with Crippen molar-refractivity contribution in [3.8, 4) is 0 Å². The Morgan fingerprint density at radius 3 is 1.07 bits per heavy atom. The molecule has 164 valence electrons. The van der Waals surface area contributed by atoms with Gasteiger partial charge in [-0.05, 0) is 12.8 Å². The van der Waals surface area contributed by atoms with E-state index in [4.69, 9.17) is 36.0 Å². The molecule has 28 heavy (non-hydrogen) atoms. The minimum Gasteiger partial charge on any atom is -0.455 e. The first kappa shape index (κ1) is 26.9. The Bertz CT molecular complexity index is 445. The standard InChI is InChI=1S/C16H32O10Si2/c1-9-15(27(19-3,20-4)21-5)25-13(17)11-12-14(18)26-16(10-2)28(22-6,23-7)24-8/h11-12,15-16H,9-10H2,1-8H3. The molecule has 0 amide bonds. The summed E-state index contributed by atoms with van der Waals surface area (Å²) in [4.78, 5) is 24.2. The summed E-state index contributed by atoms with van der Waals surface area (Å²) in [6.07, 6.45) is 2.75. The van der Waals surface area contributed by atoms with E-state index in [1.807, 2.05) is 0 Å². The highest BCUT2D eigenvalue weighted by atomic mass is 28.4.